The zero-order chi connectivity index (χ0) is 20.1. The number of nitrogens with one attached hydrogen (secondary N) is 1. The third-order valence-corrected chi connectivity index (χ3v) is 6.92. The van der Waals surface area contributed by atoms with Crippen molar-refractivity contribution >= 4 is 27.2 Å². The molecule has 1 N–H and O–H groups in total. The number of thiophene rings is 1. The van der Waals surface area contributed by atoms with Crippen LogP contribution in [-0.4, -0.2) is 26.1 Å². The zero-order valence-corrected chi connectivity index (χ0v) is 17.0. The van der Waals surface area contributed by atoms with Gasteiger partial charge < -0.3 is 10.0 Å². The highest BCUT2D eigenvalue weighted by atomic mass is 32.1. The standard InChI is InChI=1S/C23H19N5OS/c29-18-9-5-4-8-16(18)21-25-22-20-17-10-11-27(12-15-6-2-1-3-7-15)13-19(17)30-23(20)24-14-28(22)26-21/h1-9,14,29H,10-13H2. The number of nitrogens with zero attached hydrogens (tertiary/aromatic N) is 4. The van der Waals surface area contributed by atoms with Crippen molar-refractivity contribution in [3.8, 4) is 17.1 Å². The quantitative estimate of drug-likeness (QED) is 0.492. The summed E-state index contributed by atoms with van der Waals surface area (Å²) in [5, 5.41) is 17.9. The predicted molar refractivity (Wildman–Crippen MR) is 114 cm³/mol. The van der Waals surface area contributed by atoms with Crippen LogP contribution < -0.4 is 10.0 Å². The van der Waals surface area contributed by atoms with Crippen molar-refractivity contribution < 1.29 is 10.0 Å². The zero-order valence-electron chi connectivity index (χ0n) is 16.2. The molecule has 0 bridgehead atoms. The van der Waals surface area contributed by atoms with Gasteiger partial charge in [-0.3, -0.25) is 0 Å². The molecule has 0 aliphatic carbocycles. The Kier molecular flexibility index (Phi) is 4.04. The maximum Gasteiger partial charge on any atom is 0.181 e. The molecule has 7 heteroatoms. The van der Waals surface area contributed by atoms with Gasteiger partial charge >= 0.3 is 0 Å². The van der Waals surface area contributed by atoms with Crippen LogP contribution in [0.25, 0.3) is 27.3 Å². The topological polar surface area (TPSA) is 70.6 Å². The normalized spacial score (nSPS) is 16.2. The van der Waals surface area contributed by atoms with E-state index in [1.165, 1.54) is 16.0 Å². The van der Waals surface area contributed by atoms with Crippen LogP contribution in [0.1, 0.15) is 16.0 Å². The van der Waals surface area contributed by atoms with Gasteiger partial charge in [-0.05, 0) is 5.56 Å². The third-order valence-electron chi connectivity index (χ3n) is 5.78. The maximum absolute atomic E-state index is 12.2. The van der Waals surface area contributed by atoms with E-state index >= 15 is 0 Å². The van der Waals surface area contributed by atoms with Gasteiger partial charge in [0.2, 0.25) is 0 Å². The molecule has 0 fully saturated rings. The van der Waals surface area contributed by atoms with Gasteiger partial charge in [-0.25, -0.2) is 14.5 Å². The highest BCUT2D eigenvalue weighted by Gasteiger charge is 2.26. The minimum Gasteiger partial charge on any atom is -0.872 e. The largest absolute Gasteiger partial charge is 0.872 e. The number of hydrogen-bond acceptors (Lipinski definition) is 5. The first-order valence-electron chi connectivity index (χ1n) is 10.1. The van der Waals surface area contributed by atoms with E-state index in [0.29, 0.717) is 11.4 Å². The Hall–Kier alpha value is -3.29. The number of aromatic nitrogens is 4. The van der Waals surface area contributed by atoms with Crippen molar-refractivity contribution in [1.82, 2.24) is 19.6 Å². The average molecular weight is 414 g/mol. The first-order valence-corrected chi connectivity index (χ1v) is 10.9. The summed E-state index contributed by atoms with van der Waals surface area (Å²) < 4.78 is 1.71. The second kappa shape index (κ2) is 6.90. The van der Waals surface area contributed by atoms with E-state index < -0.39 is 0 Å². The molecule has 1 aliphatic rings. The summed E-state index contributed by atoms with van der Waals surface area (Å²) in [6.45, 7) is 3.12. The van der Waals surface area contributed by atoms with E-state index in [-0.39, 0.29) is 5.75 Å². The Morgan fingerprint density at radius 2 is 1.90 bits per heavy atom. The van der Waals surface area contributed by atoms with Crippen LogP contribution in [0, 0.1) is 0 Å². The minimum absolute atomic E-state index is 0.0647. The van der Waals surface area contributed by atoms with Crippen molar-refractivity contribution in [2.45, 2.75) is 19.5 Å². The fourth-order valence-electron chi connectivity index (χ4n) is 4.33. The Bertz CT molecular complexity index is 1370. The second-order valence-corrected chi connectivity index (χ2v) is 8.80. The van der Waals surface area contributed by atoms with Crippen molar-refractivity contribution in [3.63, 3.8) is 0 Å². The van der Waals surface area contributed by atoms with Crippen LogP contribution in [0.3, 0.4) is 0 Å². The SMILES string of the molecule is [O-]c1ccccc1-c1nc2c3c4c(sc3ncn2n1)C[NH+](Cc1ccccc1)CC4. The van der Waals surface area contributed by atoms with Crippen molar-refractivity contribution in [2.24, 2.45) is 0 Å². The molecule has 0 spiro atoms. The summed E-state index contributed by atoms with van der Waals surface area (Å²) in [5.74, 6) is 0.395. The summed E-state index contributed by atoms with van der Waals surface area (Å²) in [6, 6.07) is 17.6. The Morgan fingerprint density at radius 3 is 2.77 bits per heavy atom. The molecule has 148 valence electrons. The lowest BCUT2D eigenvalue weighted by Crippen LogP contribution is -3.10. The van der Waals surface area contributed by atoms with Crippen molar-refractivity contribution in [1.29, 1.82) is 0 Å². The molecule has 5 aromatic rings. The average Bonchev–Trinajstić information content (AvgIpc) is 3.35. The van der Waals surface area contributed by atoms with E-state index in [1.807, 2.05) is 6.07 Å². The highest BCUT2D eigenvalue weighted by molar-refractivity contribution is 7.19. The number of para-hydroxylation sites is 1. The Labute approximate surface area is 177 Å². The summed E-state index contributed by atoms with van der Waals surface area (Å²) in [7, 11) is 0. The second-order valence-electron chi connectivity index (χ2n) is 7.72. The van der Waals surface area contributed by atoms with Gasteiger partial charge in [-0.15, -0.1) is 16.4 Å². The minimum atomic E-state index is -0.0647. The molecule has 1 aliphatic heterocycles. The van der Waals surface area contributed by atoms with Crippen LogP contribution >= 0.6 is 11.3 Å². The van der Waals surface area contributed by atoms with Gasteiger partial charge in [0.05, 0.1) is 16.8 Å². The Balaban J connectivity index is 1.40. The van der Waals surface area contributed by atoms with Crippen LogP contribution in [-0.2, 0) is 19.5 Å². The smallest absolute Gasteiger partial charge is 0.181 e. The van der Waals surface area contributed by atoms with Crippen LogP contribution in [0.15, 0.2) is 60.9 Å². The summed E-state index contributed by atoms with van der Waals surface area (Å²) in [4.78, 5) is 13.4. The monoisotopic (exact) mass is 413 g/mol. The fraction of sp³-hybridized carbons (Fsp3) is 0.174. The molecule has 3 aromatic heterocycles. The summed E-state index contributed by atoms with van der Waals surface area (Å²) in [5.41, 5.74) is 4.04. The van der Waals surface area contributed by atoms with Gasteiger partial charge in [0.25, 0.3) is 0 Å². The lowest BCUT2D eigenvalue weighted by molar-refractivity contribution is -0.929. The fourth-order valence-corrected chi connectivity index (χ4v) is 5.58. The first-order chi connectivity index (χ1) is 14.8. The third kappa shape index (κ3) is 2.86. The van der Waals surface area contributed by atoms with Crippen molar-refractivity contribution in [2.75, 3.05) is 6.54 Å². The molecule has 4 heterocycles. The molecule has 2 aromatic carbocycles. The number of hydrogen-bond donors (Lipinski definition) is 1. The van der Waals surface area contributed by atoms with Crippen molar-refractivity contribution in [3.05, 3.63) is 76.9 Å². The lowest BCUT2D eigenvalue weighted by Gasteiger charge is -2.24. The number of fused-ring (bicyclic) bond motifs is 5. The molecular formula is C23H19N5OS. The summed E-state index contributed by atoms with van der Waals surface area (Å²) >= 11 is 1.76. The molecule has 0 radical (unpaired) electrons. The van der Waals surface area contributed by atoms with E-state index in [4.69, 9.17) is 4.98 Å². The van der Waals surface area contributed by atoms with E-state index in [9.17, 15) is 5.11 Å². The lowest BCUT2D eigenvalue weighted by atomic mass is 10.0. The molecule has 0 amide bonds. The first kappa shape index (κ1) is 17.6. The number of benzene rings is 2. The van der Waals surface area contributed by atoms with Crippen LogP contribution in [0.2, 0.25) is 0 Å². The van der Waals surface area contributed by atoms with E-state index in [1.54, 1.807) is 45.3 Å². The van der Waals surface area contributed by atoms with Gasteiger partial charge in [0.1, 0.15) is 24.2 Å². The molecule has 6 rings (SSSR count). The molecule has 1 atom stereocenters. The number of quaternary nitrogens is 1. The highest BCUT2D eigenvalue weighted by Crippen LogP contribution is 2.34. The molecular weight excluding hydrogens is 394 g/mol. The molecule has 1 unspecified atom stereocenters. The van der Waals surface area contributed by atoms with E-state index in [0.717, 1.165) is 41.9 Å². The van der Waals surface area contributed by atoms with Gasteiger partial charge in [-0.2, -0.15) is 0 Å². The van der Waals surface area contributed by atoms with E-state index in [2.05, 4.69) is 40.4 Å². The molecule has 0 saturated carbocycles. The molecule has 0 saturated heterocycles. The van der Waals surface area contributed by atoms with Gasteiger partial charge in [0.15, 0.2) is 11.5 Å². The van der Waals surface area contributed by atoms with Gasteiger partial charge in [0, 0.05) is 17.5 Å². The molecule has 30 heavy (non-hydrogen) atoms. The molecule has 6 nitrogen and oxygen atoms in total. The number of rotatable bonds is 3. The summed E-state index contributed by atoms with van der Waals surface area (Å²) in [6.07, 6.45) is 2.71. The predicted octanol–water partition coefficient (Wildman–Crippen LogP) is 2.22. The van der Waals surface area contributed by atoms with Crippen LogP contribution in [0.5, 0.6) is 5.75 Å². The Morgan fingerprint density at radius 1 is 1.07 bits per heavy atom. The van der Waals surface area contributed by atoms with Crippen LogP contribution in [0.4, 0.5) is 0 Å². The maximum atomic E-state index is 12.2. The van der Waals surface area contributed by atoms with Gasteiger partial charge in [-0.1, -0.05) is 60.3 Å².